The van der Waals surface area contributed by atoms with E-state index in [1.807, 2.05) is 26.0 Å². The second-order valence-electron chi connectivity index (χ2n) is 7.53. The number of amides is 1. The van der Waals surface area contributed by atoms with Crippen LogP contribution in [0.5, 0.6) is 5.75 Å². The van der Waals surface area contributed by atoms with Gasteiger partial charge in [0.1, 0.15) is 5.75 Å². The number of sulfone groups is 1. The zero-order valence-electron chi connectivity index (χ0n) is 14.8. The monoisotopic (exact) mass is 366 g/mol. The highest BCUT2D eigenvalue weighted by Gasteiger charge is 2.47. The van der Waals surface area contributed by atoms with Crippen LogP contribution in [0, 0.1) is 5.92 Å². The molecular formula is C18H26N2O4S. The molecule has 0 spiro atoms. The van der Waals surface area contributed by atoms with Crippen LogP contribution in [0.1, 0.15) is 25.8 Å². The summed E-state index contributed by atoms with van der Waals surface area (Å²) in [6.45, 7) is 5.87. The average Bonchev–Trinajstić information content (AvgIpc) is 2.84. The number of rotatable bonds is 4. The van der Waals surface area contributed by atoms with Crippen molar-refractivity contribution in [2.24, 2.45) is 5.92 Å². The molecule has 1 N–H and O–H groups in total. The zero-order chi connectivity index (χ0) is 18.2. The number of benzene rings is 1. The molecule has 7 heteroatoms. The molecule has 2 atom stereocenters. The molecule has 2 saturated heterocycles. The Kier molecular flexibility index (Phi) is 5.06. The van der Waals surface area contributed by atoms with Gasteiger partial charge in [-0.05, 0) is 23.6 Å². The van der Waals surface area contributed by atoms with Crippen molar-refractivity contribution in [1.29, 1.82) is 0 Å². The Morgan fingerprint density at radius 2 is 1.80 bits per heavy atom. The fourth-order valence-electron chi connectivity index (χ4n) is 3.83. The standard InChI is InChI=1S/C18H26N2O4S/c1-13(2)9-18(22)20-8-7-19(10-14-3-5-15(21)6-4-14)16-11-25(23,24)12-17(16)20/h3-6,13,16-17,21H,7-12H2,1-2H3/t16-,17+/m1/s1. The van der Waals surface area contributed by atoms with Crippen molar-refractivity contribution < 1.29 is 18.3 Å². The smallest absolute Gasteiger partial charge is 0.223 e. The van der Waals surface area contributed by atoms with Crippen LogP contribution in [-0.4, -0.2) is 65.9 Å². The van der Waals surface area contributed by atoms with Crippen molar-refractivity contribution in [2.45, 2.75) is 38.9 Å². The van der Waals surface area contributed by atoms with Gasteiger partial charge in [-0.25, -0.2) is 8.42 Å². The van der Waals surface area contributed by atoms with Crippen LogP contribution < -0.4 is 0 Å². The lowest BCUT2D eigenvalue weighted by molar-refractivity contribution is -0.137. The maximum absolute atomic E-state index is 12.5. The van der Waals surface area contributed by atoms with Crippen LogP contribution in [0.3, 0.4) is 0 Å². The van der Waals surface area contributed by atoms with E-state index in [4.69, 9.17) is 0 Å². The van der Waals surface area contributed by atoms with Gasteiger partial charge in [0.05, 0.1) is 17.5 Å². The molecule has 138 valence electrons. The zero-order valence-corrected chi connectivity index (χ0v) is 15.6. The summed E-state index contributed by atoms with van der Waals surface area (Å²) in [5.41, 5.74) is 1.03. The Bertz CT molecular complexity index is 730. The molecule has 1 amide bonds. The van der Waals surface area contributed by atoms with Gasteiger partial charge in [0.2, 0.25) is 5.91 Å². The molecule has 1 aromatic carbocycles. The fraction of sp³-hybridized carbons (Fsp3) is 0.611. The van der Waals surface area contributed by atoms with Crippen molar-refractivity contribution in [3.63, 3.8) is 0 Å². The van der Waals surface area contributed by atoms with Crippen LogP contribution in [0.15, 0.2) is 24.3 Å². The number of phenols is 1. The van der Waals surface area contributed by atoms with E-state index >= 15 is 0 Å². The lowest BCUT2D eigenvalue weighted by Gasteiger charge is -2.44. The Hall–Kier alpha value is -1.60. The summed E-state index contributed by atoms with van der Waals surface area (Å²) in [6.07, 6.45) is 0.460. The first-order valence-electron chi connectivity index (χ1n) is 8.77. The molecule has 6 nitrogen and oxygen atoms in total. The third kappa shape index (κ3) is 4.15. The van der Waals surface area contributed by atoms with Gasteiger partial charge in [-0.2, -0.15) is 0 Å². The van der Waals surface area contributed by atoms with E-state index in [0.717, 1.165) is 5.56 Å². The molecule has 1 aromatic rings. The number of fused-ring (bicyclic) bond motifs is 1. The predicted molar refractivity (Wildman–Crippen MR) is 95.9 cm³/mol. The van der Waals surface area contributed by atoms with Crippen molar-refractivity contribution >= 4 is 15.7 Å². The van der Waals surface area contributed by atoms with Crippen LogP contribution in [-0.2, 0) is 21.2 Å². The van der Waals surface area contributed by atoms with E-state index in [2.05, 4.69) is 4.90 Å². The second-order valence-corrected chi connectivity index (χ2v) is 9.69. The molecule has 0 aliphatic carbocycles. The topological polar surface area (TPSA) is 77.9 Å². The summed E-state index contributed by atoms with van der Waals surface area (Å²) in [7, 11) is -3.13. The number of phenolic OH excluding ortho intramolecular Hbond substituents is 1. The quantitative estimate of drug-likeness (QED) is 0.868. The van der Waals surface area contributed by atoms with Crippen molar-refractivity contribution in [2.75, 3.05) is 24.6 Å². The van der Waals surface area contributed by atoms with Gasteiger partial charge in [0.25, 0.3) is 0 Å². The molecular weight excluding hydrogens is 340 g/mol. The highest BCUT2D eigenvalue weighted by atomic mass is 32.2. The normalized spacial score (nSPS) is 26.0. The fourth-order valence-corrected chi connectivity index (χ4v) is 5.84. The summed E-state index contributed by atoms with van der Waals surface area (Å²) in [5, 5.41) is 9.41. The summed E-state index contributed by atoms with van der Waals surface area (Å²) >= 11 is 0. The van der Waals surface area contributed by atoms with Gasteiger partial charge in [0, 0.05) is 32.1 Å². The van der Waals surface area contributed by atoms with E-state index in [0.29, 0.717) is 26.1 Å². The maximum Gasteiger partial charge on any atom is 0.223 e. The van der Waals surface area contributed by atoms with Gasteiger partial charge in [-0.1, -0.05) is 26.0 Å². The van der Waals surface area contributed by atoms with Crippen LogP contribution >= 0.6 is 0 Å². The molecule has 2 fully saturated rings. The number of aromatic hydroxyl groups is 1. The number of carbonyl (C=O) groups is 1. The van der Waals surface area contributed by atoms with E-state index < -0.39 is 9.84 Å². The Morgan fingerprint density at radius 1 is 1.16 bits per heavy atom. The second kappa shape index (κ2) is 6.96. The van der Waals surface area contributed by atoms with Gasteiger partial charge < -0.3 is 10.0 Å². The van der Waals surface area contributed by atoms with Crippen molar-refractivity contribution in [1.82, 2.24) is 9.80 Å². The number of hydrogen-bond acceptors (Lipinski definition) is 5. The summed E-state index contributed by atoms with van der Waals surface area (Å²) in [6, 6.07) is 6.58. The molecule has 2 heterocycles. The summed E-state index contributed by atoms with van der Waals surface area (Å²) < 4.78 is 24.5. The summed E-state index contributed by atoms with van der Waals surface area (Å²) in [5.74, 6) is 0.717. The molecule has 0 saturated carbocycles. The SMILES string of the molecule is CC(C)CC(=O)N1CCN(Cc2ccc(O)cc2)[C@@H]2CS(=O)(=O)C[C@@H]21. The van der Waals surface area contributed by atoms with E-state index in [1.54, 1.807) is 17.0 Å². The minimum Gasteiger partial charge on any atom is -0.508 e. The Morgan fingerprint density at radius 3 is 2.44 bits per heavy atom. The minimum atomic E-state index is -3.13. The molecule has 25 heavy (non-hydrogen) atoms. The predicted octanol–water partition coefficient (Wildman–Crippen LogP) is 1.25. The van der Waals surface area contributed by atoms with Crippen molar-refractivity contribution in [3.05, 3.63) is 29.8 Å². The van der Waals surface area contributed by atoms with E-state index in [1.165, 1.54) is 0 Å². The average molecular weight is 366 g/mol. The molecule has 0 bridgehead atoms. The third-order valence-corrected chi connectivity index (χ3v) is 6.72. The van der Waals surface area contributed by atoms with Crippen molar-refractivity contribution in [3.8, 4) is 5.75 Å². The van der Waals surface area contributed by atoms with Crippen LogP contribution in [0.25, 0.3) is 0 Å². The molecule has 2 aliphatic heterocycles. The number of piperazine rings is 1. The first-order chi connectivity index (χ1) is 11.7. The maximum atomic E-state index is 12.5. The van der Waals surface area contributed by atoms with Gasteiger partial charge in [-0.3, -0.25) is 9.69 Å². The largest absolute Gasteiger partial charge is 0.508 e. The number of nitrogens with zero attached hydrogens (tertiary/aromatic N) is 2. The summed E-state index contributed by atoms with van der Waals surface area (Å²) in [4.78, 5) is 16.5. The van der Waals surface area contributed by atoms with Gasteiger partial charge in [-0.15, -0.1) is 0 Å². The van der Waals surface area contributed by atoms with E-state index in [9.17, 15) is 18.3 Å². The lowest BCUT2D eigenvalue weighted by Crippen LogP contribution is -2.60. The minimum absolute atomic E-state index is 0.0615. The Labute approximate surface area is 149 Å². The van der Waals surface area contributed by atoms with Crippen LogP contribution in [0.2, 0.25) is 0 Å². The molecule has 0 unspecified atom stereocenters. The Balaban J connectivity index is 1.78. The molecule has 2 aliphatic rings. The first-order valence-corrected chi connectivity index (χ1v) is 10.6. The van der Waals surface area contributed by atoms with Crippen LogP contribution in [0.4, 0.5) is 0 Å². The van der Waals surface area contributed by atoms with Gasteiger partial charge >= 0.3 is 0 Å². The third-order valence-electron chi connectivity index (χ3n) is 5.02. The first kappa shape index (κ1) is 18.2. The van der Waals surface area contributed by atoms with Gasteiger partial charge in [0.15, 0.2) is 9.84 Å². The highest BCUT2D eigenvalue weighted by molar-refractivity contribution is 7.91. The lowest BCUT2D eigenvalue weighted by atomic mass is 10.0. The molecule has 0 radical (unpaired) electrons. The van der Waals surface area contributed by atoms with E-state index in [-0.39, 0.29) is 41.2 Å². The molecule has 3 rings (SSSR count). The number of carbonyl (C=O) groups excluding carboxylic acids is 1. The number of hydrogen-bond donors (Lipinski definition) is 1. The highest BCUT2D eigenvalue weighted by Crippen LogP contribution is 2.29. The molecule has 0 aromatic heterocycles.